The molecule has 1 aromatic heterocycles. The molecule has 0 saturated carbocycles. The Labute approximate surface area is 134 Å². The Bertz CT molecular complexity index is 879. The predicted octanol–water partition coefficient (Wildman–Crippen LogP) is 1.28. The van der Waals surface area contributed by atoms with Crippen LogP contribution in [0.3, 0.4) is 0 Å². The molecule has 122 valence electrons. The maximum absolute atomic E-state index is 13.5. The molecule has 0 bridgehead atoms. The van der Waals surface area contributed by atoms with Crippen LogP contribution in [-0.2, 0) is 10.0 Å². The summed E-state index contributed by atoms with van der Waals surface area (Å²) >= 11 is 0.696. The average Bonchev–Trinajstić information content (AvgIpc) is 2.91. The van der Waals surface area contributed by atoms with Gasteiger partial charge in [-0.25, -0.2) is 22.7 Å². The number of hydrogen-bond donors (Lipinski definition) is 4. The van der Waals surface area contributed by atoms with Crippen molar-refractivity contribution in [3.8, 4) is 0 Å². The van der Waals surface area contributed by atoms with Gasteiger partial charge >= 0.3 is 6.03 Å². The van der Waals surface area contributed by atoms with Gasteiger partial charge < -0.3 is 16.4 Å². The van der Waals surface area contributed by atoms with E-state index in [-0.39, 0.29) is 20.5 Å². The van der Waals surface area contributed by atoms with Crippen molar-refractivity contribution in [3.05, 3.63) is 41.0 Å². The van der Waals surface area contributed by atoms with E-state index in [0.29, 0.717) is 11.3 Å². The van der Waals surface area contributed by atoms with Crippen molar-refractivity contribution < 1.29 is 22.4 Å². The minimum atomic E-state index is -3.89. The molecular weight excluding hydrogens is 347 g/mol. The number of carbonyl (C=O) groups is 2. The Morgan fingerprint density at radius 1 is 1.13 bits per heavy atom. The largest absolute Gasteiger partial charge is 0.351 e. The highest BCUT2D eigenvalue weighted by molar-refractivity contribution is 7.91. The van der Waals surface area contributed by atoms with E-state index < -0.39 is 27.8 Å². The molecule has 0 spiro atoms. The molecule has 0 aliphatic rings. The standard InChI is InChI=1S/C12H11FN4O4S2/c13-7-2-1-6(5-8(7)17-12(14)19)16-11(18)9-3-4-10(22-9)23(15,20)21/h1-5H,(H,16,18)(H3,14,17,19)(H2,15,20,21). The van der Waals surface area contributed by atoms with Crippen LogP contribution in [0, 0.1) is 5.82 Å². The Balaban J connectivity index is 2.20. The first kappa shape index (κ1) is 16.9. The summed E-state index contributed by atoms with van der Waals surface area (Å²) in [6.45, 7) is 0. The molecule has 0 saturated heterocycles. The van der Waals surface area contributed by atoms with Gasteiger partial charge in [0.05, 0.1) is 10.6 Å². The van der Waals surface area contributed by atoms with Crippen LogP contribution in [-0.4, -0.2) is 20.4 Å². The maximum atomic E-state index is 13.5. The number of amides is 3. The van der Waals surface area contributed by atoms with Crippen LogP contribution in [0.5, 0.6) is 0 Å². The SMILES string of the molecule is NC(=O)Nc1cc(NC(=O)c2ccc(S(N)(=O)=O)s2)ccc1F. The van der Waals surface area contributed by atoms with Gasteiger partial charge in [-0.1, -0.05) is 0 Å². The third kappa shape index (κ3) is 4.25. The molecule has 0 radical (unpaired) electrons. The Morgan fingerprint density at radius 3 is 2.39 bits per heavy atom. The number of thiophene rings is 1. The highest BCUT2D eigenvalue weighted by Crippen LogP contribution is 2.23. The lowest BCUT2D eigenvalue weighted by Gasteiger charge is -2.08. The summed E-state index contributed by atoms with van der Waals surface area (Å²) in [5.41, 5.74) is 4.89. The molecule has 2 rings (SSSR count). The zero-order chi connectivity index (χ0) is 17.2. The third-order valence-corrected chi connectivity index (χ3v) is 5.09. The van der Waals surface area contributed by atoms with Crippen molar-refractivity contribution in [1.29, 1.82) is 0 Å². The third-order valence-electron chi connectivity index (χ3n) is 2.57. The van der Waals surface area contributed by atoms with Crippen molar-refractivity contribution in [2.45, 2.75) is 4.21 Å². The van der Waals surface area contributed by atoms with Crippen LogP contribution >= 0.6 is 11.3 Å². The van der Waals surface area contributed by atoms with Crippen LogP contribution in [0.1, 0.15) is 9.67 Å². The van der Waals surface area contributed by atoms with Gasteiger partial charge in [0.1, 0.15) is 10.0 Å². The topological polar surface area (TPSA) is 144 Å². The average molecular weight is 358 g/mol. The lowest BCUT2D eigenvalue weighted by Crippen LogP contribution is -2.20. The van der Waals surface area contributed by atoms with Crippen LogP contribution < -0.4 is 21.5 Å². The molecule has 1 heterocycles. The maximum Gasteiger partial charge on any atom is 0.316 e. The fourth-order valence-corrected chi connectivity index (χ4v) is 3.24. The minimum absolute atomic E-state index is 0.0998. The number of hydrogen-bond acceptors (Lipinski definition) is 5. The number of urea groups is 1. The summed E-state index contributed by atoms with van der Waals surface area (Å²) in [5.74, 6) is -1.34. The number of anilines is 2. The number of rotatable bonds is 4. The van der Waals surface area contributed by atoms with Gasteiger partial charge in [0.2, 0.25) is 10.0 Å². The monoisotopic (exact) mass is 358 g/mol. The molecule has 8 nitrogen and oxygen atoms in total. The van der Waals surface area contributed by atoms with Crippen molar-refractivity contribution in [1.82, 2.24) is 0 Å². The van der Waals surface area contributed by atoms with Crippen LogP contribution in [0.25, 0.3) is 0 Å². The second kappa shape index (κ2) is 6.32. The lowest BCUT2D eigenvalue weighted by molar-refractivity contribution is 0.103. The summed E-state index contributed by atoms with van der Waals surface area (Å²) in [6, 6.07) is 5.03. The number of nitrogens with one attached hydrogen (secondary N) is 2. The predicted molar refractivity (Wildman–Crippen MR) is 83.3 cm³/mol. The molecule has 1 aromatic carbocycles. The molecule has 3 amide bonds. The second-order valence-corrected chi connectivity index (χ2v) is 7.17. The van der Waals surface area contributed by atoms with Gasteiger partial charge in [-0.3, -0.25) is 4.79 Å². The molecule has 0 fully saturated rings. The summed E-state index contributed by atoms with van der Waals surface area (Å²) < 4.78 is 35.7. The van der Waals surface area contributed by atoms with E-state index in [1.165, 1.54) is 24.3 Å². The van der Waals surface area contributed by atoms with Gasteiger partial charge in [-0.05, 0) is 30.3 Å². The smallest absolute Gasteiger partial charge is 0.316 e. The first-order valence-electron chi connectivity index (χ1n) is 5.97. The lowest BCUT2D eigenvalue weighted by atomic mass is 10.2. The minimum Gasteiger partial charge on any atom is -0.351 e. The summed E-state index contributed by atoms with van der Waals surface area (Å²) in [5, 5.41) is 9.47. The molecule has 6 N–H and O–H groups in total. The van der Waals surface area contributed by atoms with Crippen molar-refractivity contribution in [2.75, 3.05) is 10.6 Å². The van der Waals surface area contributed by atoms with Crippen LogP contribution in [0.2, 0.25) is 0 Å². The van der Waals surface area contributed by atoms with Gasteiger partial charge in [-0.15, -0.1) is 11.3 Å². The van der Waals surface area contributed by atoms with Gasteiger partial charge in [-0.2, -0.15) is 0 Å². The van der Waals surface area contributed by atoms with E-state index >= 15 is 0 Å². The highest BCUT2D eigenvalue weighted by Gasteiger charge is 2.16. The van der Waals surface area contributed by atoms with E-state index in [0.717, 1.165) is 6.07 Å². The second-order valence-electron chi connectivity index (χ2n) is 4.30. The molecule has 23 heavy (non-hydrogen) atoms. The van der Waals surface area contributed by atoms with Crippen molar-refractivity contribution in [3.63, 3.8) is 0 Å². The molecule has 11 heteroatoms. The summed E-state index contributed by atoms with van der Waals surface area (Å²) in [7, 11) is -3.89. The number of benzene rings is 1. The fourth-order valence-electron chi connectivity index (χ4n) is 1.62. The molecule has 0 aliphatic heterocycles. The first-order valence-corrected chi connectivity index (χ1v) is 8.33. The molecule has 0 atom stereocenters. The van der Waals surface area contributed by atoms with Crippen molar-refractivity contribution >= 4 is 44.7 Å². The van der Waals surface area contributed by atoms with E-state index in [1.807, 2.05) is 0 Å². The Morgan fingerprint density at radius 2 is 1.83 bits per heavy atom. The van der Waals surface area contributed by atoms with E-state index in [4.69, 9.17) is 10.9 Å². The van der Waals surface area contributed by atoms with E-state index in [2.05, 4.69) is 10.6 Å². The zero-order valence-corrected chi connectivity index (χ0v) is 13.0. The zero-order valence-electron chi connectivity index (χ0n) is 11.4. The quantitative estimate of drug-likeness (QED) is 0.652. The summed E-state index contributed by atoms with van der Waals surface area (Å²) in [4.78, 5) is 22.9. The number of nitrogens with two attached hydrogens (primary N) is 2. The van der Waals surface area contributed by atoms with Crippen molar-refractivity contribution in [2.24, 2.45) is 10.9 Å². The first-order chi connectivity index (χ1) is 10.7. The normalized spacial score (nSPS) is 11.0. The fraction of sp³-hybridized carbons (Fsp3) is 0. The number of halogens is 1. The Hall–Kier alpha value is -2.50. The molecular formula is C12H11FN4O4S2. The summed E-state index contributed by atoms with van der Waals surface area (Å²) in [6.07, 6.45) is 0. The molecule has 0 aliphatic carbocycles. The molecule has 2 aromatic rings. The van der Waals surface area contributed by atoms with Crippen LogP contribution in [0.15, 0.2) is 34.5 Å². The number of sulfonamides is 1. The number of primary amides is 1. The van der Waals surface area contributed by atoms with Crippen LogP contribution in [0.4, 0.5) is 20.6 Å². The van der Waals surface area contributed by atoms with E-state index in [9.17, 15) is 22.4 Å². The molecule has 0 unspecified atom stereocenters. The van der Waals surface area contributed by atoms with Gasteiger partial charge in [0.15, 0.2) is 0 Å². The van der Waals surface area contributed by atoms with E-state index in [1.54, 1.807) is 0 Å². The number of primary sulfonamides is 1. The Kier molecular flexibility index (Phi) is 4.63. The van der Waals surface area contributed by atoms with Gasteiger partial charge in [0, 0.05) is 5.69 Å². The van der Waals surface area contributed by atoms with Gasteiger partial charge in [0.25, 0.3) is 5.91 Å². The highest BCUT2D eigenvalue weighted by atomic mass is 32.2. The number of carbonyl (C=O) groups excluding carboxylic acids is 2.